The summed E-state index contributed by atoms with van der Waals surface area (Å²) in [4.78, 5) is 12.7. The Labute approximate surface area is 110 Å². The Morgan fingerprint density at radius 2 is 2.00 bits per heavy atom. The molecule has 1 fully saturated rings. The second-order valence-electron chi connectivity index (χ2n) is 5.17. The van der Waals surface area contributed by atoms with Gasteiger partial charge in [-0.3, -0.25) is 4.79 Å². The SMILES string of the molecule is CCCC(C)NC(=O)C1(C(N)=S)CCCCC1. The Bertz CT molecular complexity index is 285. The number of carbonyl (C=O) groups is 1. The summed E-state index contributed by atoms with van der Waals surface area (Å²) in [5, 5.41) is 3.07. The highest BCUT2D eigenvalue weighted by molar-refractivity contribution is 7.80. The molecule has 0 heterocycles. The van der Waals surface area contributed by atoms with Gasteiger partial charge in [-0.1, -0.05) is 44.8 Å². The lowest BCUT2D eigenvalue weighted by molar-refractivity contribution is -0.129. The number of amides is 1. The Morgan fingerprint density at radius 1 is 1.41 bits per heavy atom. The van der Waals surface area contributed by atoms with Gasteiger partial charge >= 0.3 is 0 Å². The number of rotatable bonds is 5. The first-order chi connectivity index (χ1) is 8.03. The molecule has 1 rings (SSSR count). The van der Waals surface area contributed by atoms with Gasteiger partial charge in [-0.05, 0) is 26.2 Å². The minimum absolute atomic E-state index is 0.0469. The predicted molar refractivity (Wildman–Crippen MR) is 74.8 cm³/mol. The molecular weight excluding hydrogens is 232 g/mol. The Kier molecular flexibility index (Phi) is 5.37. The maximum absolute atomic E-state index is 12.4. The summed E-state index contributed by atoms with van der Waals surface area (Å²) in [5.74, 6) is 0.0469. The summed E-state index contributed by atoms with van der Waals surface area (Å²) in [6, 6.07) is 0.209. The van der Waals surface area contributed by atoms with Crippen LogP contribution in [-0.2, 0) is 4.79 Å². The number of hydrogen-bond donors (Lipinski definition) is 2. The molecule has 0 aromatic rings. The van der Waals surface area contributed by atoms with Crippen molar-refractivity contribution in [3.8, 4) is 0 Å². The molecule has 0 aromatic carbocycles. The van der Waals surface area contributed by atoms with Crippen LogP contribution in [0.5, 0.6) is 0 Å². The van der Waals surface area contributed by atoms with Crippen LogP contribution >= 0.6 is 12.2 Å². The van der Waals surface area contributed by atoms with Gasteiger partial charge in [-0.15, -0.1) is 0 Å². The normalized spacial score (nSPS) is 20.6. The van der Waals surface area contributed by atoms with Crippen LogP contribution in [0.4, 0.5) is 0 Å². The zero-order chi connectivity index (χ0) is 12.9. The van der Waals surface area contributed by atoms with Crippen molar-refractivity contribution in [2.24, 2.45) is 11.1 Å². The topological polar surface area (TPSA) is 55.1 Å². The molecule has 1 saturated carbocycles. The molecule has 0 saturated heterocycles. The molecular formula is C13H24N2OS. The van der Waals surface area contributed by atoms with Crippen molar-refractivity contribution in [1.29, 1.82) is 0 Å². The van der Waals surface area contributed by atoms with Gasteiger partial charge in [0.1, 0.15) is 0 Å². The maximum Gasteiger partial charge on any atom is 0.233 e. The average Bonchev–Trinajstić information content (AvgIpc) is 2.29. The summed E-state index contributed by atoms with van der Waals surface area (Å²) in [6.45, 7) is 4.16. The molecule has 0 aromatic heterocycles. The Balaban J connectivity index is 2.70. The van der Waals surface area contributed by atoms with E-state index in [0.29, 0.717) is 4.99 Å². The van der Waals surface area contributed by atoms with Crippen molar-refractivity contribution in [3.63, 3.8) is 0 Å². The van der Waals surface area contributed by atoms with Crippen LogP contribution in [-0.4, -0.2) is 16.9 Å². The lowest BCUT2D eigenvalue weighted by Crippen LogP contribution is -2.52. The molecule has 0 bridgehead atoms. The fourth-order valence-corrected chi connectivity index (χ4v) is 2.90. The van der Waals surface area contributed by atoms with Crippen LogP contribution in [0.25, 0.3) is 0 Å². The van der Waals surface area contributed by atoms with Gasteiger partial charge in [0.25, 0.3) is 0 Å². The molecule has 0 aliphatic heterocycles. The summed E-state index contributed by atoms with van der Waals surface area (Å²) in [5.41, 5.74) is 5.25. The van der Waals surface area contributed by atoms with E-state index in [-0.39, 0.29) is 11.9 Å². The van der Waals surface area contributed by atoms with E-state index in [1.54, 1.807) is 0 Å². The Morgan fingerprint density at radius 3 is 2.47 bits per heavy atom. The van der Waals surface area contributed by atoms with E-state index in [1.165, 1.54) is 6.42 Å². The van der Waals surface area contributed by atoms with Crippen molar-refractivity contribution >= 4 is 23.1 Å². The highest BCUT2D eigenvalue weighted by atomic mass is 32.1. The zero-order valence-electron chi connectivity index (χ0n) is 10.9. The highest BCUT2D eigenvalue weighted by Crippen LogP contribution is 2.37. The summed E-state index contributed by atoms with van der Waals surface area (Å²) in [7, 11) is 0. The molecule has 4 heteroatoms. The van der Waals surface area contributed by atoms with Crippen molar-refractivity contribution in [1.82, 2.24) is 5.32 Å². The minimum atomic E-state index is -0.574. The van der Waals surface area contributed by atoms with Crippen LogP contribution < -0.4 is 11.1 Å². The summed E-state index contributed by atoms with van der Waals surface area (Å²) in [6.07, 6.45) is 6.97. The van der Waals surface area contributed by atoms with Gasteiger partial charge in [0, 0.05) is 6.04 Å². The van der Waals surface area contributed by atoms with E-state index in [1.807, 2.05) is 6.92 Å². The van der Waals surface area contributed by atoms with Crippen LogP contribution in [0.2, 0.25) is 0 Å². The lowest BCUT2D eigenvalue weighted by Gasteiger charge is -2.35. The number of nitrogens with two attached hydrogens (primary N) is 1. The summed E-state index contributed by atoms with van der Waals surface area (Å²) >= 11 is 5.14. The summed E-state index contributed by atoms with van der Waals surface area (Å²) < 4.78 is 0. The quantitative estimate of drug-likeness (QED) is 0.743. The number of thiocarbonyl (C=S) groups is 1. The van der Waals surface area contributed by atoms with E-state index in [0.717, 1.165) is 38.5 Å². The van der Waals surface area contributed by atoms with E-state index in [2.05, 4.69) is 12.2 Å². The monoisotopic (exact) mass is 256 g/mol. The van der Waals surface area contributed by atoms with Crippen LogP contribution in [0.3, 0.4) is 0 Å². The van der Waals surface area contributed by atoms with Gasteiger partial charge < -0.3 is 11.1 Å². The third kappa shape index (κ3) is 3.41. The van der Waals surface area contributed by atoms with Gasteiger partial charge in [0.15, 0.2) is 0 Å². The van der Waals surface area contributed by atoms with Crippen molar-refractivity contribution in [2.45, 2.75) is 64.8 Å². The zero-order valence-corrected chi connectivity index (χ0v) is 11.7. The van der Waals surface area contributed by atoms with Gasteiger partial charge in [-0.25, -0.2) is 0 Å². The third-order valence-corrected chi connectivity index (χ3v) is 4.10. The molecule has 1 atom stereocenters. The van der Waals surface area contributed by atoms with Gasteiger partial charge in [0.05, 0.1) is 10.4 Å². The van der Waals surface area contributed by atoms with Crippen molar-refractivity contribution in [2.75, 3.05) is 0 Å². The van der Waals surface area contributed by atoms with Crippen LogP contribution in [0.1, 0.15) is 58.8 Å². The second-order valence-corrected chi connectivity index (χ2v) is 5.61. The first-order valence-electron chi connectivity index (χ1n) is 6.64. The third-order valence-electron chi connectivity index (χ3n) is 3.71. The van der Waals surface area contributed by atoms with E-state index in [4.69, 9.17) is 18.0 Å². The van der Waals surface area contributed by atoms with E-state index in [9.17, 15) is 4.79 Å². The number of carbonyl (C=O) groups excluding carboxylic acids is 1. The van der Waals surface area contributed by atoms with E-state index >= 15 is 0 Å². The second kappa shape index (κ2) is 6.34. The maximum atomic E-state index is 12.4. The molecule has 3 nitrogen and oxygen atoms in total. The molecule has 98 valence electrons. The first kappa shape index (κ1) is 14.4. The largest absolute Gasteiger partial charge is 0.392 e. The van der Waals surface area contributed by atoms with Gasteiger partial charge in [0.2, 0.25) is 5.91 Å². The van der Waals surface area contributed by atoms with Crippen LogP contribution in [0, 0.1) is 5.41 Å². The predicted octanol–water partition coefficient (Wildman–Crippen LogP) is 2.53. The molecule has 17 heavy (non-hydrogen) atoms. The number of hydrogen-bond acceptors (Lipinski definition) is 2. The fraction of sp³-hybridized carbons (Fsp3) is 0.846. The molecule has 1 unspecified atom stereocenters. The van der Waals surface area contributed by atoms with E-state index < -0.39 is 5.41 Å². The average molecular weight is 256 g/mol. The van der Waals surface area contributed by atoms with Crippen molar-refractivity contribution < 1.29 is 4.79 Å². The molecule has 3 N–H and O–H groups in total. The molecule has 0 radical (unpaired) electrons. The van der Waals surface area contributed by atoms with Crippen molar-refractivity contribution in [3.05, 3.63) is 0 Å². The first-order valence-corrected chi connectivity index (χ1v) is 7.04. The smallest absolute Gasteiger partial charge is 0.233 e. The standard InChI is InChI=1S/C13H24N2OS/c1-3-7-10(2)15-12(16)13(11(14)17)8-5-4-6-9-13/h10H,3-9H2,1-2H3,(H2,14,17)(H,15,16). The molecule has 1 amide bonds. The van der Waals surface area contributed by atoms with Crippen LogP contribution in [0.15, 0.2) is 0 Å². The molecule has 1 aliphatic rings. The molecule has 0 spiro atoms. The number of nitrogens with one attached hydrogen (secondary N) is 1. The highest BCUT2D eigenvalue weighted by Gasteiger charge is 2.42. The lowest BCUT2D eigenvalue weighted by atomic mass is 9.73. The Hall–Kier alpha value is -0.640. The van der Waals surface area contributed by atoms with Gasteiger partial charge in [-0.2, -0.15) is 0 Å². The molecule has 1 aliphatic carbocycles. The minimum Gasteiger partial charge on any atom is -0.392 e. The fourth-order valence-electron chi connectivity index (χ4n) is 2.61.